The highest BCUT2D eigenvalue weighted by molar-refractivity contribution is 8.00. The van der Waals surface area contributed by atoms with Crippen molar-refractivity contribution in [1.29, 1.82) is 0 Å². The first-order valence-electron chi connectivity index (χ1n) is 9.56. The van der Waals surface area contributed by atoms with Crippen LogP contribution in [0, 0.1) is 0 Å². The van der Waals surface area contributed by atoms with Crippen LogP contribution in [0.4, 0.5) is 5.69 Å². The van der Waals surface area contributed by atoms with E-state index in [1.54, 1.807) is 11.9 Å². The molecule has 4 heteroatoms. The molecule has 0 spiro atoms. The molecule has 1 heterocycles. The van der Waals surface area contributed by atoms with Gasteiger partial charge in [-0.15, -0.1) is 0 Å². The van der Waals surface area contributed by atoms with E-state index < -0.39 is 0 Å². The van der Waals surface area contributed by atoms with Gasteiger partial charge in [-0.3, -0.25) is 0 Å². The number of hydrogen-bond donors (Lipinski definition) is 1. The van der Waals surface area contributed by atoms with E-state index in [-0.39, 0.29) is 0 Å². The fourth-order valence-corrected chi connectivity index (χ4v) is 4.03. The Labute approximate surface area is 159 Å². The van der Waals surface area contributed by atoms with Crippen LogP contribution in [0.5, 0.6) is 5.75 Å². The maximum absolute atomic E-state index is 5.74. The minimum absolute atomic E-state index is 0.604. The number of nitrogens with one attached hydrogen (secondary N) is 1. The molecule has 1 fully saturated rings. The quantitative estimate of drug-likeness (QED) is 0.483. The Hall–Kier alpha value is -2.07. The third-order valence-electron chi connectivity index (χ3n) is 5.08. The third-order valence-corrected chi connectivity index (χ3v) is 5.75. The number of rotatable bonds is 7. The van der Waals surface area contributed by atoms with Gasteiger partial charge < -0.3 is 14.0 Å². The molecule has 26 heavy (non-hydrogen) atoms. The van der Waals surface area contributed by atoms with Crippen molar-refractivity contribution in [3.05, 3.63) is 48.5 Å². The van der Waals surface area contributed by atoms with Crippen molar-refractivity contribution >= 4 is 28.5 Å². The number of hydrogen-bond acceptors (Lipinski definition) is 3. The van der Waals surface area contributed by atoms with Crippen LogP contribution in [0.25, 0.3) is 22.2 Å². The van der Waals surface area contributed by atoms with Crippen LogP contribution in [0.3, 0.4) is 0 Å². The maximum Gasteiger partial charge on any atom is 0.121 e. The fourth-order valence-electron chi connectivity index (χ4n) is 3.58. The monoisotopic (exact) mass is 366 g/mol. The van der Waals surface area contributed by atoms with Crippen LogP contribution in [0.15, 0.2) is 48.5 Å². The highest BCUT2D eigenvalue weighted by atomic mass is 32.2. The molecule has 136 valence electrons. The normalized spacial score (nSPS) is 14.4. The van der Waals surface area contributed by atoms with Crippen LogP contribution in [0.2, 0.25) is 0 Å². The molecule has 0 aliphatic heterocycles. The van der Waals surface area contributed by atoms with Gasteiger partial charge in [-0.25, -0.2) is 0 Å². The highest BCUT2D eigenvalue weighted by Crippen LogP contribution is 2.41. The van der Waals surface area contributed by atoms with E-state index >= 15 is 0 Å². The lowest BCUT2D eigenvalue weighted by Gasteiger charge is -2.30. The molecule has 0 bridgehead atoms. The van der Waals surface area contributed by atoms with Gasteiger partial charge in [-0.05, 0) is 62.1 Å². The van der Waals surface area contributed by atoms with Gasteiger partial charge in [-0.1, -0.05) is 31.0 Å². The third kappa shape index (κ3) is 3.30. The van der Waals surface area contributed by atoms with Crippen molar-refractivity contribution in [2.45, 2.75) is 39.2 Å². The minimum atomic E-state index is 0.604. The number of benzene rings is 2. The average molecular weight is 367 g/mol. The first-order valence-corrected chi connectivity index (χ1v) is 10.5. The van der Waals surface area contributed by atoms with E-state index in [0.717, 1.165) is 17.2 Å². The van der Waals surface area contributed by atoms with Crippen LogP contribution < -0.4 is 9.46 Å². The average Bonchev–Trinajstić information content (AvgIpc) is 2.98. The fraction of sp³-hybridized carbons (Fsp3) is 0.364. The van der Waals surface area contributed by atoms with Crippen molar-refractivity contribution in [3.63, 3.8) is 0 Å². The van der Waals surface area contributed by atoms with Crippen molar-refractivity contribution in [1.82, 2.24) is 4.57 Å². The summed E-state index contributed by atoms with van der Waals surface area (Å²) in [5.74, 6) is 2.01. The van der Waals surface area contributed by atoms with Gasteiger partial charge in [0.25, 0.3) is 0 Å². The van der Waals surface area contributed by atoms with Gasteiger partial charge in [0.2, 0.25) is 0 Å². The molecule has 3 aromatic rings. The zero-order valence-corrected chi connectivity index (χ0v) is 16.3. The summed E-state index contributed by atoms with van der Waals surface area (Å²) in [7, 11) is 0. The Morgan fingerprint density at radius 2 is 1.88 bits per heavy atom. The Morgan fingerprint density at radius 1 is 1.08 bits per heavy atom. The molecule has 0 radical (unpaired) electrons. The number of aromatic nitrogens is 1. The molecular weight excluding hydrogens is 340 g/mol. The molecule has 0 atom stereocenters. The second kappa shape index (κ2) is 7.67. The maximum atomic E-state index is 5.74. The molecule has 1 saturated carbocycles. The smallest absolute Gasteiger partial charge is 0.121 e. The molecule has 3 nitrogen and oxygen atoms in total. The largest absolute Gasteiger partial charge is 0.494 e. The highest BCUT2D eigenvalue weighted by Gasteiger charge is 2.24. The number of ether oxygens (including phenoxy) is 1. The minimum Gasteiger partial charge on any atom is -0.494 e. The van der Waals surface area contributed by atoms with E-state index in [4.69, 9.17) is 4.74 Å². The van der Waals surface area contributed by atoms with Crippen molar-refractivity contribution in [2.24, 2.45) is 0 Å². The summed E-state index contributed by atoms with van der Waals surface area (Å²) in [5.41, 5.74) is 5.04. The van der Waals surface area contributed by atoms with Crippen molar-refractivity contribution < 1.29 is 4.74 Å². The summed E-state index contributed by atoms with van der Waals surface area (Å²) >= 11 is 1.72. The summed E-state index contributed by atoms with van der Waals surface area (Å²) in [6.07, 6.45) is 3.86. The molecule has 4 rings (SSSR count). The van der Waals surface area contributed by atoms with Crippen LogP contribution in [-0.4, -0.2) is 16.9 Å². The van der Waals surface area contributed by atoms with E-state index in [0.29, 0.717) is 12.6 Å². The summed E-state index contributed by atoms with van der Waals surface area (Å²) < 4.78 is 11.7. The SMILES string of the molecule is CCOc1ccc2cc(-c3ccc(NSCC)cc3)n(C3CCC3)c2c1. The Balaban J connectivity index is 1.75. The molecule has 1 aliphatic rings. The Kier molecular flexibility index (Phi) is 5.11. The number of nitrogens with zero attached hydrogens (tertiary/aromatic N) is 1. The van der Waals surface area contributed by atoms with Gasteiger partial charge in [0.05, 0.1) is 12.1 Å². The summed E-state index contributed by atoms with van der Waals surface area (Å²) in [6, 6.07) is 18.2. The van der Waals surface area contributed by atoms with Crippen molar-refractivity contribution in [2.75, 3.05) is 17.1 Å². The molecule has 1 N–H and O–H groups in total. The summed E-state index contributed by atoms with van der Waals surface area (Å²) in [4.78, 5) is 0. The number of anilines is 1. The predicted octanol–water partition coefficient (Wildman–Crippen LogP) is 6.51. The van der Waals surface area contributed by atoms with Gasteiger partial charge >= 0.3 is 0 Å². The van der Waals surface area contributed by atoms with E-state index in [9.17, 15) is 0 Å². The molecule has 1 aromatic heterocycles. The predicted molar refractivity (Wildman–Crippen MR) is 113 cm³/mol. The topological polar surface area (TPSA) is 26.2 Å². The standard InChI is InChI=1S/C22H26N2OS/c1-3-25-20-13-10-17-14-21(24(22(17)15-20)19-6-5-7-19)16-8-11-18(12-9-16)23-26-4-2/h8-15,19,23H,3-7H2,1-2H3. The first kappa shape index (κ1) is 17.3. The van der Waals surface area contributed by atoms with Crippen LogP contribution >= 0.6 is 11.9 Å². The lowest BCUT2D eigenvalue weighted by Crippen LogP contribution is -2.17. The second-order valence-electron chi connectivity index (χ2n) is 6.75. The zero-order valence-electron chi connectivity index (χ0n) is 15.5. The van der Waals surface area contributed by atoms with Gasteiger partial charge in [-0.2, -0.15) is 0 Å². The first-order chi connectivity index (χ1) is 12.8. The summed E-state index contributed by atoms with van der Waals surface area (Å²) in [6.45, 7) is 4.89. The lowest BCUT2D eigenvalue weighted by atomic mass is 9.92. The van der Waals surface area contributed by atoms with Crippen LogP contribution in [0.1, 0.15) is 39.2 Å². The molecule has 0 amide bonds. The van der Waals surface area contributed by atoms with E-state index in [1.807, 2.05) is 6.92 Å². The molecule has 0 saturated heterocycles. The van der Waals surface area contributed by atoms with Gasteiger partial charge in [0, 0.05) is 34.6 Å². The Bertz CT molecular complexity index is 881. The van der Waals surface area contributed by atoms with E-state index in [2.05, 4.69) is 64.7 Å². The van der Waals surface area contributed by atoms with Crippen LogP contribution in [-0.2, 0) is 0 Å². The lowest BCUT2D eigenvalue weighted by molar-refractivity contribution is 0.323. The zero-order chi connectivity index (χ0) is 17.9. The molecule has 0 unspecified atom stereocenters. The molecular formula is C22H26N2OS. The summed E-state index contributed by atoms with van der Waals surface area (Å²) in [5, 5.41) is 1.29. The Morgan fingerprint density at radius 3 is 2.54 bits per heavy atom. The van der Waals surface area contributed by atoms with Gasteiger partial charge in [0.15, 0.2) is 0 Å². The van der Waals surface area contributed by atoms with Crippen molar-refractivity contribution in [3.8, 4) is 17.0 Å². The number of fused-ring (bicyclic) bond motifs is 1. The van der Waals surface area contributed by atoms with E-state index in [1.165, 1.54) is 41.4 Å². The van der Waals surface area contributed by atoms with Gasteiger partial charge in [0.1, 0.15) is 5.75 Å². The molecule has 2 aromatic carbocycles. The second-order valence-corrected chi connectivity index (χ2v) is 7.82. The molecule has 1 aliphatic carbocycles.